The first-order chi connectivity index (χ1) is 23.2. The van der Waals surface area contributed by atoms with E-state index in [1.165, 1.54) is 45.9 Å². The van der Waals surface area contributed by atoms with Gasteiger partial charge in [0.2, 0.25) is 11.9 Å². The van der Waals surface area contributed by atoms with Crippen LogP contribution in [0.4, 0.5) is 53.7 Å². The van der Waals surface area contributed by atoms with Crippen LogP contribution in [0.3, 0.4) is 0 Å². The number of fused-ring (bicyclic) bond motifs is 1. The van der Waals surface area contributed by atoms with Crippen molar-refractivity contribution in [1.82, 2.24) is 14.9 Å². The molecule has 2 amide bonds. The zero-order chi connectivity index (χ0) is 36.8. The highest BCUT2D eigenvalue weighted by molar-refractivity contribution is 6.33. The minimum absolute atomic E-state index is 0.00289. The first-order valence-electron chi connectivity index (χ1n) is 15.2. The minimum Gasteiger partial charge on any atom is -0.406 e. The number of rotatable bonds is 8. The van der Waals surface area contributed by atoms with Crippen molar-refractivity contribution in [3.8, 4) is 5.75 Å². The minimum atomic E-state index is -4.92. The SMILES string of the molecule is Cn1c(Nc2c(Cl)ccc(CNC(=O)C(C)(C)C)c2F)nc2cc(C(=O)Nc3ccc(OC(F)(F)F)cc3)c(N3CC[C@@H](C(F)(F)F)C3)cc21. The summed E-state index contributed by atoms with van der Waals surface area (Å²) < 4.78 is 99.7. The lowest BCUT2D eigenvalue weighted by atomic mass is 9.95. The highest BCUT2D eigenvalue weighted by Gasteiger charge is 2.44. The van der Waals surface area contributed by atoms with E-state index in [-0.39, 0.29) is 70.1 Å². The normalized spacial score (nSPS) is 15.4. The number of benzene rings is 3. The summed E-state index contributed by atoms with van der Waals surface area (Å²) in [4.78, 5) is 31.9. The number of alkyl halides is 6. The van der Waals surface area contributed by atoms with Crippen LogP contribution in [0.25, 0.3) is 11.0 Å². The highest BCUT2D eigenvalue weighted by Crippen LogP contribution is 2.39. The van der Waals surface area contributed by atoms with E-state index in [9.17, 15) is 35.9 Å². The number of ether oxygens (including phenoxy) is 1. The molecule has 1 aromatic heterocycles. The molecule has 2 heterocycles. The van der Waals surface area contributed by atoms with Crippen molar-refractivity contribution in [3.63, 3.8) is 0 Å². The summed E-state index contributed by atoms with van der Waals surface area (Å²) in [6, 6.07) is 10.1. The number of imidazole rings is 1. The van der Waals surface area contributed by atoms with E-state index < -0.39 is 47.9 Å². The topological polar surface area (TPSA) is 101 Å². The molecule has 0 unspecified atom stereocenters. The van der Waals surface area contributed by atoms with E-state index in [4.69, 9.17) is 11.6 Å². The van der Waals surface area contributed by atoms with Gasteiger partial charge in [-0.25, -0.2) is 9.37 Å². The van der Waals surface area contributed by atoms with E-state index in [2.05, 4.69) is 25.7 Å². The summed E-state index contributed by atoms with van der Waals surface area (Å²) in [6.07, 6.45) is -9.58. The molecule has 5 rings (SSSR count). The molecule has 0 aliphatic carbocycles. The van der Waals surface area contributed by atoms with E-state index >= 15 is 4.39 Å². The van der Waals surface area contributed by atoms with E-state index in [0.29, 0.717) is 5.52 Å². The number of hydrogen-bond donors (Lipinski definition) is 3. The summed E-state index contributed by atoms with van der Waals surface area (Å²) in [5.74, 6) is -3.88. The molecule has 3 aromatic carbocycles. The molecular weight excluding hydrogens is 697 g/mol. The van der Waals surface area contributed by atoms with Crippen LogP contribution in [0.1, 0.15) is 43.1 Å². The van der Waals surface area contributed by atoms with Gasteiger partial charge in [0, 0.05) is 43.3 Å². The first kappa shape index (κ1) is 36.5. The van der Waals surface area contributed by atoms with Crippen molar-refractivity contribution < 1.29 is 45.1 Å². The molecular formula is C33H32ClF7N6O3. The molecule has 1 atom stereocenters. The fourth-order valence-corrected chi connectivity index (χ4v) is 5.56. The van der Waals surface area contributed by atoms with Gasteiger partial charge in [-0.2, -0.15) is 13.2 Å². The third kappa shape index (κ3) is 8.17. The van der Waals surface area contributed by atoms with Crippen molar-refractivity contribution in [2.24, 2.45) is 18.4 Å². The average molecular weight is 729 g/mol. The number of halogens is 8. The predicted molar refractivity (Wildman–Crippen MR) is 174 cm³/mol. The number of aryl methyl sites for hydroxylation is 1. The zero-order valence-corrected chi connectivity index (χ0v) is 27.9. The van der Waals surface area contributed by atoms with E-state index in [1.807, 2.05) is 0 Å². The molecule has 0 saturated carbocycles. The maximum absolute atomic E-state index is 15.7. The van der Waals surface area contributed by atoms with Crippen LogP contribution < -0.4 is 25.6 Å². The Kier molecular flexibility index (Phi) is 9.89. The third-order valence-corrected chi connectivity index (χ3v) is 8.42. The predicted octanol–water partition coefficient (Wildman–Crippen LogP) is 8.31. The van der Waals surface area contributed by atoms with Gasteiger partial charge in [0.25, 0.3) is 5.91 Å². The monoisotopic (exact) mass is 728 g/mol. The third-order valence-electron chi connectivity index (χ3n) is 8.11. The van der Waals surface area contributed by atoms with Gasteiger partial charge >= 0.3 is 12.5 Å². The Morgan fingerprint density at radius 3 is 2.30 bits per heavy atom. The second-order valence-electron chi connectivity index (χ2n) is 12.8. The number of aromatic nitrogens is 2. The van der Waals surface area contributed by atoms with Crippen LogP contribution in [0.2, 0.25) is 5.02 Å². The van der Waals surface area contributed by atoms with Crippen LogP contribution in [-0.4, -0.2) is 47.0 Å². The fraction of sp³-hybridized carbons (Fsp3) is 0.364. The summed E-state index contributed by atoms with van der Waals surface area (Å²) in [6.45, 7) is 4.60. The number of nitrogens with one attached hydrogen (secondary N) is 3. The molecule has 17 heteroatoms. The molecule has 1 aliphatic heterocycles. The smallest absolute Gasteiger partial charge is 0.406 e. The Bertz CT molecular complexity index is 1920. The van der Waals surface area contributed by atoms with Crippen molar-refractivity contribution in [2.75, 3.05) is 28.6 Å². The molecule has 1 aliphatic rings. The lowest BCUT2D eigenvalue weighted by Crippen LogP contribution is -2.34. The van der Waals surface area contributed by atoms with Gasteiger partial charge in [0.05, 0.1) is 38.9 Å². The maximum atomic E-state index is 15.7. The molecule has 4 aromatic rings. The Balaban J connectivity index is 1.49. The average Bonchev–Trinajstić information content (AvgIpc) is 3.63. The van der Waals surface area contributed by atoms with Gasteiger partial charge in [-0.05, 0) is 48.9 Å². The second-order valence-corrected chi connectivity index (χ2v) is 13.2. The van der Waals surface area contributed by atoms with Gasteiger partial charge in [-0.1, -0.05) is 38.4 Å². The van der Waals surface area contributed by atoms with Crippen molar-refractivity contribution >= 4 is 57.5 Å². The Hall–Kier alpha value is -4.73. The summed E-state index contributed by atoms with van der Waals surface area (Å²) >= 11 is 6.34. The molecule has 9 nitrogen and oxygen atoms in total. The molecule has 50 heavy (non-hydrogen) atoms. The fourth-order valence-electron chi connectivity index (χ4n) is 5.37. The van der Waals surface area contributed by atoms with Gasteiger partial charge < -0.3 is 30.2 Å². The second kappa shape index (κ2) is 13.5. The maximum Gasteiger partial charge on any atom is 0.573 e. The van der Waals surface area contributed by atoms with Crippen molar-refractivity contribution in [3.05, 3.63) is 70.5 Å². The Morgan fingerprint density at radius 2 is 1.70 bits per heavy atom. The summed E-state index contributed by atoms with van der Waals surface area (Å²) in [5, 5.41) is 8.10. The molecule has 3 N–H and O–H groups in total. The van der Waals surface area contributed by atoms with Crippen LogP contribution in [0.15, 0.2) is 48.5 Å². The van der Waals surface area contributed by atoms with Gasteiger partial charge in [-0.15, -0.1) is 13.2 Å². The number of amides is 2. The number of hydrogen-bond acceptors (Lipinski definition) is 6. The largest absolute Gasteiger partial charge is 0.573 e. The standard InChI is InChI=1S/C33H32ClF7N6O3/c1-31(2,3)29(49)42-15-17-5-10-22(34)27(26(17)35)45-30-44-23-13-21(28(48)43-19-6-8-20(9-7-19)50-33(39,40)41)24(14-25(23)46(30)4)47-12-11-18(16-47)32(36,37)38/h5-10,13-14,18H,11-12,15-16H2,1-4H3,(H,42,49)(H,43,48)(H,44,45)/t18-/m1/s1. The highest BCUT2D eigenvalue weighted by atomic mass is 35.5. The van der Waals surface area contributed by atoms with Crippen LogP contribution in [0.5, 0.6) is 5.75 Å². The lowest BCUT2D eigenvalue weighted by Gasteiger charge is -2.23. The molecule has 0 spiro atoms. The van der Waals surface area contributed by atoms with Crippen molar-refractivity contribution in [2.45, 2.75) is 46.3 Å². The zero-order valence-electron chi connectivity index (χ0n) is 27.1. The number of nitrogens with zero attached hydrogens (tertiary/aromatic N) is 3. The number of carbonyl (C=O) groups is 2. The van der Waals surface area contributed by atoms with E-state index in [0.717, 1.165) is 12.1 Å². The molecule has 0 radical (unpaired) electrons. The van der Waals surface area contributed by atoms with Gasteiger partial charge in [0.15, 0.2) is 5.82 Å². The van der Waals surface area contributed by atoms with Crippen LogP contribution >= 0.6 is 11.6 Å². The first-order valence-corrected chi connectivity index (χ1v) is 15.6. The summed E-state index contributed by atoms with van der Waals surface area (Å²) in [7, 11) is 1.58. The molecule has 1 fully saturated rings. The van der Waals surface area contributed by atoms with Gasteiger partial charge in [-0.3, -0.25) is 9.59 Å². The van der Waals surface area contributed by atoms with Crippen molar-refractivity contribution in [1.29, 1.82) is 0 Å². The summed E-state index contributed by atoms with van der Waals surface area (Å²) in [5.41, 5.74) is 0.0949. The molecule has 0 bridgehead atoms. The van der Waals surface area contributed by atoms with E-state index in [1.54, 1.807) is 27.8 Å². The van der Waals surface area contributed by atoms with Crippen LogP contribution in [-0.2, 0) is 18.4 Å². The Labute approximate surface area is 286 Å². The number of carbonyl (C=O) groups excluding carboxylic acids is 2. The quantitative estimate of drug-likeness (QED) is 0.158. The Morgan fingerprint density at radius 1 is 1.02 bits per heavy atom. The number of anilines is 4. The lowest BCUT2D eigenvalue weighted by molar-refractivity contribution is -0.274. The molecule has 268 valence electrons. The van der Waals surface area contributed by atoms with Crippen LogP contribution in [0, 0.1) is 17.2 Å². The van der Waals surface area contributed by atoms with Gasteiger partial charge in [0.1, 0.15) is 5.75 Å². The molecule has 1 saturated heterocycles.